The van der Waals surface area contributed by atoms with E-state index in [2.05, 4.69) is 20.8 Å². The fourth-order valence-electron chi connectivity index (χ4n) is 3.07. The minimum atomic E-state index is -0.519. The molecule has 0 radical (unpaired) electrons. The minimum absolute atomic E-state index is 0.105. The smallest absolute Gasteiger partial charge is 0.259 e. The first kappa shape index (κ1) is 20.5. The van der Waals surface area contributed by atoms with Crippen LogP contribution in [-0.4, -0.2) is 35.2 Å². The number of nitrogens with one attached hydrogen (secondary N) is 3. The SMILES string of the molecule is CC(C)(C)C(=O)Nc1cccc(NC(=O)c2cn[nH]c2-c2ccc3c(c2)OCCO3)c1. The molecule has 4 rings (SSSR count). The molecule has 2 amide bonds. The quantitative estimate of drug-likeness (QED) is 0.590. The van der Waals surface area contributed by atoms with Crippen LogP contribution in [0.2, 0.25) is 0 Å². The van der Waals surface area contributed by atoms with Crippen molar-refractivity contribution in [2.45, 2.75) is 20.8 Å². The van der Waals surface area contributed by atoms with E-state index < -0.39 is 5.41 Å². The lowest BCUT2D eigenvalue weighted by Crippen LogP contribution is -2.27. The average Bonchev–Trinajstić information content (AvgIpc) is 3.23. The van der Waals surface area contributed by atoms with Crippen molar-refractivity contribution in [3.63, 3.8) is 0 Å². The summed E-state index contributed by atoms with van der Waals surface area (Å²) in [4.78, 5) is 25.2. The Bertz CT molecular complexity index is 1130. The van der Waals surface area contributed by atoms with E-state index in [-0.39, 0.29) is 11.8 Å². The number of benzene rings is 2. The van der Waals surface area contributed by atoms with Gasteiger partial charge < -0.3 is 20.1 Å². The Labute approximate surface area is 180 Å². The molecular formula is C23H24N4O4. The number of carbonyl (C=O) groups excluding carboxylic acids is 2. The third kappa shape index (κ3) is 4.53. The highest BCUT2D eigenvalue weighted by Crippen LogP contribution is 2.35. The zero-order chi connectivity index (χ0) is 22.0. The first-order valence-electron chi connectivity index (χ1n) is 9.97. The molecule has 2 heterocycles. The Morgan fingerprint density at radius 1 is 0.968 bits per heavy atom. The first-order valence-corrected chi connectivity index (χ1v) is 9.97. The van der Waals surface area contributed by atoms with Crippen LogP contribution in [0.25, 0.3) is 11.3 Å². The van der Waals surface area contributed by atoms with Gasteiger partial charge >= 0.3 is 0 Å². The highest BCUT2D eigenvalue weighted by molar-refractivity contribution is 6.08. The van der Waals surface area contributed by atoms with Crippen molar-refractivity contribution < 1.29 is 19.1 Å². The van der Waals surface area contributed by atoms with Gasteiger partial charge in [-0.15, -0.1) is 0 Å². The fraction of sp³-hybridized carbons (Fsp3) is 0.261. The van der Waals surface area contributed by atoms with Crippen LogP contribution in [0.5, 0.6) is 11.5 Å². The van der Waals surface area contributed by atoms with Crippen LogP contribution in [-0.2, 0) is 4.79 Å². The van der Waals surface area contributed by atoms with Crippen LogP contribution in [0.1, 0.15) is 31.1 Å². The maximum Gasteiger partial charge on any atom is 0.259 e. The van der Waals surface area contributed by atoms with Crippen LogP contribution in [0, 0.1) is 5.41 Å². The van der Waals surface area contributed by atoms with Gasteiger partial charge in [0.05, 0.1) is 17.5 Å². The van der Waals surface area contributed by atoms with E-state index in [9.17, 15) is 9.59 Å². The van der Waals surface area contributed by atoms with E-state index in [1.807, 2.05) is 39.0 Å². The van der Waals surface area contributed by atoms with Crippen LogP contribution in [0.3, 0.4) is 0 Å². The average molecular weight is 420 g/mol. The number of nitrogens with zero attached hydrogens (tertiary/aromatic N) is 1. The molecule has 160 valence electrons. The molecule has 8 heteroatoms. The topological polar surface area (TPSA) is 105 Å². The number of hydrogen-bond acceptors (Lipinski definition) is 5. The minimum Gasteiger partial charge on any atom is -0.486 e. The third-order valence-electron chi connectivity index (χ3n) is 4.77. The molecule has 3 aromatic rings. The molecule has 3 N–H and O–H groups in total. The zero-order valence-electron chi connectivity index (χ0n) is 17.6. The number of aromatic amines is 1. The van der Waals surface area contributed by atoms with Crippen molar-refractivity contribution in [1.29, 1.82) is 0 Å². The molecule has 1 aromatic heterocycles. The fourth-order valence-corrected chi connectivity index (χ4v) is 3.07. The van der Waals surface area contributed by atoms with E-state index in [1.54, 1.807) is 24.3 Å². The summed E-state index contributed by atoms with van der Waals surface area (Å²) in [5.74, 6) is 0.881. The largest absolute Gasteiger partial charge is 0.486 e. The Balaban J connectivity index is 1.53. The highest BCUT2D eigenvalue weighted by Gasteiger charge is 2.22. The molecule has 1 aliphatic heterocycles. The van der Waals surface area contributed by atoms with Crippen molar-refractivity contribution in [3.8, 4) is 22.8 Å². The molecule has 2 aromatic carbocycles. The number of aromatic nitrogens is 2. The van der Waals surface area contributed by atoms with Gasteiger partial charge in [0.2, 0.25) is 5.91 Å². The highest BCUT2D eigenvalue weighted by atomic mass is 16.6. The lowest BCUT2D eigenvalue weighted by molar-refractivity contribution is -0.123. The number of hydrogen-bond donors (Lipinski definition) is 3. The van der Waals surface area contributed by atoms with Crippen LogP contribution in [0.4, 0.5) is 11.4 Å². The van der Waals surface area contributed by atoms with Gasteiger partial charge in [-0.2, -0.15) is 5.10 Å². The van der Waals surface area contributed by atoms with E-state index >= 15 is 0 Å². The summed E-state index contributed by atoms with van der Waals surface area (Å²) in [5, 5.41) is 12.7. The van der Waals surface area contributed by atoms with Gasteiger partial charge in [0, 0.05) is 22.4 Å². The second kappa shape index (κ2) is 8.14. The summed E-state index contributed by atoms with van der Waals surface area (Å²) < 4.78 is 11.2. The molecule has 0 atom stereocenters. The van der Waals surface area contributed by atoms with Crippen molar-refractivity contribution in [2.75, 3.05) is 23.8 Å². The van der Waals surface area contributed by atoms with Crippen molar-refractivity contribution in [2.24, 2.45) is 5.41 Å². The number of rotatable bonds is 4. The Hall–Kier alpha value is -3.81. The van der Waals surface area contributed by atoms with Gasteiger partial charge in [-0.05, 0) is 36.4 Å². The first-order chi connectivity index (χ1) is 14.8. The number of anilines is 2. The van der Waals surface area contributed by atoms with Gasteiger partial charge in [-0.25, -0.2) is 0 Å². The monoisotopic (exact) mass is 420 g/mol. The van der Waals surface area contributed by atoms with Gasteiger partial charge in [0.15, 0.2) is 11.5 Å². The second-order valence-corrected chi connectivity index (χ2v) is 8.26. The van der Waals surface area contributed by atoms with E-state index in [0.717, 1.165) is 5.56 Å². The van der Waals surface area contributed by atoms with E-state index in [4.69, 9.17) is 9.47 Å². The number of fused-ring (bicyclic) bond motifs is 1. The zero-order valence-corrected chi connectivity index (χ0v) is 17.6. The Kier molecular flexibility index (Phi) is 5.37. The van der Waals surface area contributed by atoms with Crippen LogP contribution < -0.4 is 20.1 Å². The van der Waals surface area contributed by atoms with Crippen molar-refractivity contribution >= 4 is 23.2 Å². The van der Waals surface area contributed by atoms with Gasteiger partial charge in [-0.3, -0.25) is 14.7 Å². The molecule has 0 aliphatic carbocycles. The molecule has 1 aliphatic rings. The van der Waals surface area contributed by atoms with Gasteiger partial charge in [0.1, 0.15) is 13.2 Å². The molecule has 0 unspecified atom stereocenters. The molecule has 0 saturated carbocycles. The standard InChI is InChI=1S/C23H24N4O4/c1-23(2,3)22(29)26-16-6-4-5-15(12-16)25-21(28)17-13-24-27-20(17)14-7-8-18-19(11-14)31-10-9-30-18/h4-8,11-13H,9-10H2,1-3H3,(H,24,27)(H,25,28)(H,26,29). The number of carbonyl (C=O) groups is 2. The lowest BCUT2D eigenvalue weighted by Gasteiger charge is -2.19. The summed E-state index contributed by atoms with van der Waals surface area (Å²) in [6.07, 6.45) is 1.48. The number of amides is 2. The van der Waals surface area contributed by atoms with E-state index in [1.165, 1.54) is 6.20 Å². The third-order valence-corrected chi connectivity index (χ3v) is 4.77. The number of H-pyrrole nitrogens is 1. The van der Waals surface area contributed by atoms with Crippen LogP contribution >= 0.6 is 0 Å². The molecule has 0 fully saturated rings. The Morgan fingerprint density at radius 3 is 2.42 bits per heavy atom. The Morgan fingerprint density at radius 2 is 1.68 bits per heavy atom. The summed E-state index contributed by atoms with van der Waals surface area (Å²) in [7, 11) is 0. The van der Waals surface area contributed by atoms with Crippen molar-refractivity contribution in [1.82, 2.24) is 10.2 Å². The molecule has 31 heavy (non-hydrogen) atoms. The summed E-state index contributed by atoms with van der Waals surface area (Å²) >= 11 is 0. The molecular weight excluding hydrogens is 396 g/mol. The molecule has 0 saturated heterocycles. The maximum absolute atomic E-state index is 12.9. The van der Waals surface area contributed by atoms with Crippen LogP contribution in [0.15, 0.2) is 48.7 Å². The predicted molar refractivity (Wildman–Crippen MR) is 117 cm³/mol. The summed E-state index contributed by atoms with van der Waals surface area (Å²) in [6, 6.07) is 12.5. The maximum atomic E-state index is 12.9. The lowest BCUT2D eigenvalue weighted by atomic mass is 9.95. The van der Waals surface area contributed by atoms with Crippen molar-refractivity contribution in [3.05, 3.63) is 54.2 Å². The summed E-state index contributed by atoms with van der Waals surface area (Å²) in [5.41, 5.74) is 2.38. The normalized spacial score (nSPS) is 12.9. The molecule has 0 spiro atoms. The molecule has 8 nitrogen and oxygen atoms in total. The second-order valence-electron chi connectivity index (χ2n) is 8.26. The predicted octanol–water partition coefficient (Wildman–Crippen LogP) is 4.08. The van der Waals surface area contributed by atoms with Gasteiger partial charge in [-0.1, -0.05) is 26.8 Å². The number of ether oxygens (including phenoxy) is 2. The van der Waals surface area contributed by atoms with Gasteiger partial charge in [0.25, 0.3) is 5.91 Å². The summed E-state index contributed by atoms with van der Waals surface area (Å²) in [6.45, 7) is 6.51. The van der Waals surface area contributed by atoms with E-state index in [0.29, 0.717) is 47.3 Å². The molecule has 0 bridgehead atoms.